The summed E-state index contributed by atoms with van der Waals surface area (Å²) in [6, 6.07) is 10.4. The van der Waals surface area contributed by atoms with Crippen molar-refractivity contribution in [1.82, 2.24) is 5.32 Å². The molecule has 0 aliphatic heterocycles. The van der Waals surface area contributed by atoms with Gasteiger partial charge in [0.2, 0.25) is 0 Å². The molecule has 2 aromatic rings. The molecule has 1 N–H and O–H groups in total. The lowest BCUT2D eigenvalue weighted by molar-refractivity contribution is 0.507. The van der Waals surface area contributed by atoms with E-state index in [0.717, 1.165) is 36.3 Å². The Balaban J connectivity index is 2.00. The van der Waals surface area contributed by atoms with Gasteiger partial charge >= 0.3 is 0 Å². The Kier molecular flexibility index (Phi) is 5.68. The van der Waals surface area contributed by atoms with Crippen molar-refractivity contribution in [1.29, 1.82) is 0 Å². The van der Waals surface area contributed by atoms with Gasteiger partial charge in [-0.3, -0.25) is 0 Å². The fourth-order valence-corrected chi connectivity index (χ4v) is 2.55. The third kappa shape index (κ3) is 4.12. The van der Waals surface area contributed by atoms with Gasteiger partial charge in [0, 0.05) is 23.8 Å². The van der Waals surface area contributed by atoms with Gasteiger partial charge in [0.25, 0.3) is 0 Å². The van der Waals surface area contributed by atoms with Crippen LogP contribution in [0.5, 0.6) is 0 Å². The number of nitrogens with one attached hydrogen (secondary N) is 1. The van der Waals surface area contributed by atoms with Crippen molar-refractivity contribution in [2.24, 2.45) is 0 Å². The van der Waals surface area contributed by atoms with Crippen molar-refractivity contribution in [2.75, 3.05) is 18.5 Å². The Morgan fingerprint density at radius 2 is 2.15 bits per heavy atom. The van der Waals surface area contributed by atoms with Crippen molar-refractivity contribution < 1.29 is 4.42 Å². The first kappa shape index (κ1) is 15.1. The van der Waals surface area contributed by atoms with Gasteiger partial charge in [-0.1, -0.05) is 28.9 Å². The Labute approximate surface area is 129 Å². The molecule has 0 saturated carbocycles. The molecule has 2 rings (SSSR count). The predicted octanol–water partition coefficient (Wildman–Crippen LogP) is 4.18. The molecular formula is C16H21BrN2O. The van der Waals surface area contributed by atoms with Gasteiger partial charge in [0.1, 0.15) is 5.76 Å². The number of hydrogen-bond acceptors (Lipinski definition) is 3. The van der Waals surface area contributed by atoms with Gasteiger partial charge < -0.3 is 14.6 Å². The summed E-state index contributed by atoms with van der Waals surface area (Å²) in [4.78, 5) is 2.17. The van der Waals surface area contributed by atoms with Crippen LogP contribution in [0.3, 0.4) is 0 Å². The largest absolute Gasteiger partial charge is 0.467 e. The normalized spacial score (nSPS) is 10.8. The lowest BCUT2D eigenvalue weighted by Gasteiger charge is -2.19. The molecule has 3 nitrogen and oxygen atoms in total. The van der Waals surface area contributed by atoms with Crippen LogP contribution < -0.4 is 10.2 Å². The minimum atomic E-state index is 0.771. The van der Waals surface area contributed by atoms with Crippen LogP contribution in [0, 0.1) is 0 Å². The molecule has 0 aliphatic carbocycles. The first-order valence-electron chi connectivity index (χ1n) is 6.93. The van der Waals surface area contributed by atoms with Gasteiger partial charge in [-0.05, 0) is 42.8 Å². The lowest BCUT2D eigenvalue weighted by Crippen LogP contribution is -2.17. The van der Waals surface area contributed by atoms with Crippen molar-refractivity contribution >= 4 is 21.6 Å². The lowest BCUT2D eigenvalue weighted by atomic mass is 10.2. The van der Waals surface area contributed by atoms with Gasteiger partial charge in [-0.2, -0.15) is 0 Å². The maximum absolute atomic E-state index is 5.38. The number of nitrogens with zero attached hydrogens (tertiary/aromatic N) is 1. The van der Waals surface area contributed by atoms with E-state index in [1.165, 1.54) is 11.3 Å². The SMILES string of the molecule is CCCNCc1ccc(N(C)Cc2ccco2)cc1Br. The highest BCUT2D eigenvalue weighted by atomic mass is 79.9. The number of hydrogen-bond donors (Lipinski definition) is 1. The predicted molar refractivity (Wildman–Crippen MR) is 87.0 cm³/mol. The molecule has 0 amide bonds. The molecule has 0 saturated heterocycles. The summed E-state index contributed by atoms with van der Waals surface area (Å²) >= 11 is 3.66. The third-order valence-corrected chi connectivity index (χ3v) is 3.93. The van der Waals surface area contributed by atoms with Crippen LogP contribution in [0.15, 0.2) is 45.5 Å². The third-order valence-electron chi connectivity index (χ3n) is 3.19. The van der Waals surface area contributed by atoms with E-state index in [4.69, 9.17) is 4.42 Å². The number of furan rings is 1. The van der Waals surface area contributed by atoms with Crippen LogP contribution >= 0.6 is 15.9 Å². The zero-order chi connectivity index (χ0) is 14.4. The highest BCUT2D eigenvalue weighted by Gasteiger charge is 2.07. The smallest absolute Gasteiger partial charge is 0.123 e. The van der Waals surface area contributed by atoms with Crippen molar-refractivity contribution in [3.8, 4) is 0 Å². The summed E-state index contributed by atoms with van der Waals surface area (Å²) in [5, 5.41) is 3.42. The highest BCUT2D eigenvalue weighted by Crippen LogP contribution is 2.24. The van der Waals surface area contributed by atoms with E-state index in [9.17, 15) is 0 Å². The zero-order valence-corrected chi connectivity index (χ0v) is 13.6. The molecule has 20 heavy (non-hydrogen) atoms. The molecular weight excluding hydrogens is 316 g/mol. The fraction of sp³-hybridized carbons (Fsp3) is 0.375. The molecule has 1 aromatic carbocycles. The van der Waals surface area contributed by atoms with Gasteiger partial charge in [-0.25, -0.2) is 0 Å². The standard InChI is InChI=1S/C16H21BrN2O/c1-3-8-18-11-13-6-7-14(10-16(13)17)19(2)12-15-5-4-9-20-15/h4-7,9-10,18H,3,8,11-12H2,1-2H3. The number of rotatable bonds is 7. The Morgan fingerprint density at radius 1 is 1.30 bits per heavy atom. The van der Waals surface area contributed by atoms with E-state index in [0.29, 0.717) is 0 Å². The zero-order valence-electron chi connectivity index (χ0n) is 12.0. The summed E-state index contributed by atoms with van der Waals surface area (Å²) in [6.45, 7) is 4.89. The van der Waals surface area contributed by atoms with Gasteiger partial charge in [0.05, 0.1) is 12.8 Å². The molecule has 0 spiro atoms. The quantitative estimate of drug-likeness (QED) is 0.769. The van der Waals surface area contributed by atoms with E-state index >= 15 is 0 Å². The molecule has 1 heterocycles. The average Bonchev–Trinajstić information content (AvgIpc) is 2.93. The van der Waals surface area contributed by atoms with Crippen molar-refractivity contribution in [3.05, 3.63) is 52.4 Å². The molecule has 0 radical (unpaired) electrons. The van der Waals surface area contributed by atoms with Crippen LogP contribution in [-0.2, 0) is 13.1 Å². The van der Waals surface area contributed by atoms with Crippen LogP contribution in [0.1, 0.15) is 24.7 Å². The Morgan fingerprint density at radius 3 is 2.80 bits per heavy atom. The van der Waals surface area contributed by atoms with E-state index < -0.39 is 0 Å². The van der Waals surface area contributed by atoms with Crippen molar-refractivity contribution in [2.45, 2.75) is 26.4 Å². The molecule has 0 atom stereocenters. The second kappa shape index (κ2) is 7.50. The monoisotopic (exact) mass is 336 g/mol. The molecule has 0 aliphatic rings. The molecule has 4 heteroatoms. The second-order valence-corrected chi connectivity index (χ2v) is 5.74. The number of benzene rings is 1. The Bertz CT molecular complexity index is 525. The van der Waals surface area contributed by atoms with E-state index in [-0.39, 0.29) is 0 Å². The highest BCUT2D eigenvalue weighted by molar-refractivity contribution is 9.10. The van der Waals surface area contributed by atoms with Crippen LogP contribution in [0.2, 0.25) is 0 Å². The topological polar surface area (TPSA) is 28.4 Å². The van der Waals surface area contributed by atoms with Crippen LogP contribution in [-0.4, -0.2) is 13.6 Å². The van der Waals surface area contributed by atoms with E-state index in [1.54, 1.807) is 6.26 Å². The molecule has 0 unspecified atom stereocenters. The minimum Gasteiger partial charge on any atom is -0.467 e. The van der Waals surface area contributed by atoms with Gasteiger partial charge in [0.15, 0.2) is 0 Å². The second-order valence-electron chi connectivity index (χ2n) is 4.89. The van der Waals surface area contributed by atoms with Crippen LogP contribution in [0.25, 0.3) is 0 Å². The van der Waals surface area contributed by atoms with Crippen LogP contribution in [0.4, 0.5) is 5.69 Å². The molecule has 0 bridgehead atoms. The summed E-state index contributed by atoms with van der Waals surface area (Å²) in [6.07, 6.45) is 2.86. The number of halogens is 1. The number of anilines is 1. The fourth-order valence-electron chi connectivity index (χ4n) is 2.04. The summed E-state index contributed by atoms with van der Waals surface area (Å²) in [5.74, 6) is 0.970. The minimum absolute atomic E-state index is 0.771. The summed E-state index contributed by atoms with van der Waals surface area (Å²) in [7, 11) is 2.07. The molecule has 108 valence electrons. The first-order valence-corrected chi connectivity index (χ1v) is 7.72. The maximum atomic E-state index is 5.38. The van der Waals surface area contributed by atoms with E-state index in [2.05, 4.69) is 58.3 Å². The molecule has 0 fully saturated rings. The molecule has 1 aromatic heterocycles. The van der Waals surface area contributed by atoms with Crippen molar-refractivity contribution in [3.63, 3.8) is 0 Å². The maximum Gasteiger partial charge on any atom is 0.123 e. The average molecular weight is 337 g/mol. The Hall–Kier alpha value is -1.26. The van der Waals surface area contributed by atoms with E-state index in [1.807, 2.05) is 12.1 Å². The first-order chi connectivity index (χ1) is 9.70. The summed E-state index contributed by atoms with van der Waals surface area (Å²) in [5.41, 5.74) is 2.46. The summed E-state index contributed by atoms with van der Waals surface area (Å²) < 4.78 is 6.53. The van der Waals surface area contributed by atoms with Gasteiger partial charge in [-0.15, -0.1) is 0 Å².